The number of thiophene rings is 1. The summed E-state index contributed by atoms with van der Waals surface area (Å²) in [4.78, 5) is 21.5. The molecular formula is C23H26N4O5S2. The number of sulfone groups is 1. The Morgan fingerprint density at radius 1 is 1.24 bits per heavy atom. The summed E-state index contributed by atoms with van der Waals surface area (Å²) < 4.78 is 37.7. The Hall–Kier alpha value is -2.34. The van der Waals surface area contributed by atoms with Gasteiger partial charge in [0.2, 0.25) is 0 Å². The Labute approximate surface area is 201 Å². The van der Waals surface area contributed by atoms with E-state index in [4.69, 9.17) is 14.5 Å². The summed E-state index contributed by atoms with van der Waals surface area (Å²) in [6.45, 7) is 4.14. The van der Waals surface area contributed by atoms with Crippen LogP contribution in [-0.2, 0) is 19.3 Å². The van der Waals surface area contributed by atoms with Crippen LogP contribution in [-0.4, -0.2) is 77.6 Å². The molecule has 3 aliphatic heterocycles. The monoisotopic (exact) mass is 502 g/mol. The van der Waals surface area contributed by atoms with Crippen LogP contribution in [0.25, 0.3) is 21.6 Å². The van der Waals surface area contributed by atoms with Crippen molar-refractivity contribution >= 4 is 38.1 Å². The first kappa shape index (κ1) is 22.1. The number of amides is 1. The average molecular weight is 503 g/mol. The molecule has 1 amide bonds. The van der Waals surface area contributed by atoms with Crippen molar-refractivity contribution in [3.8, 4) is 10.6 Å². The normalized spacial score (nSPS) is 23.8. The molecule has 3 aromatic rings. The quantitative estimate of drug-likeness (QED) is 0.542. The van der Waals surface area contributed by atoms with Crippen LogP contribution >= 0.6 is 11.3 Å². The highest BCUT2D eigenvalue weighted by Gasteiger charge is 2.41. The van der Waals surface area contributed by atoms with Gasteiger partial charge in [0.25, 0.3) is 5.91 Å². The Kier molecular flexibility index (Phi) is 5.28. The molecule has 6 heterocycles. The van der Waals surface area contributed by atoms with Gasteiger partial charge in [-0.1, -0.05) is 6.07 Å². The molecule has 0 aromatic carbocycles. The van der Waals surface area contributed by atoms with E-state index in [0.29, 0.717) is 73.6 Å². The van der Waals surface area contributed by atoms with Crippen LogP contribution in [0.5, 0.6) is 0 Å². The summed E-state index contributed by atoms with van der Waals surface area (Å²) in [7, 11) is -3.10. The number of nitrogens with zero attached hydrogens (tertiary/aromatic N) is 4. The number of hydrogen-bond acceptors (Lipinski definition) is 8. The van der Waals surface area contributed by atoms with E-state index in [-0.39, 0.29) is 23.5 Å². The maximum absolute atomic E-state index is 13.8. The standard InChI is InChI=1S/C23H26N4O5S2/c1-15-20-17(22(28)26-7-5-23(6-8-26)31-9-10-32-23)13-18(19-3-2-11-33-19)24-21(20)27(25-15)16-4-12-34(29,30)14-16/h2-3,11,13,16H,4-10,12,14H2,1H3. The lowest BCUT2D eigenvalue weighted by Gasteiger charge is -2.37. The van der Waals surface area contributed by atoms with Crippen LogP contribution in [0.1, 0.15) is 41.4 Å². The zero-order valence-electron chi connectivity index (χ0n) is 18.9. The molecule has 1 unspecified atom stereocenters. The fourth-order valence-electron chi connectivity index (χ4n) is 5.26. The van der Waals surface area contributed by atoms with E-state index in [1.165, 1.54) is 0 Å². The Morgan fingerprint density at radius 2 is 2.00 bits per heavy atom. The van der Waals surface area contributed by atoms with E-state index in [2.05, 4.69) is 5.10 Å². The summed E-state index contributed by atoms with van der Waals surface area (Å²) in [6.07, 6.45) is 1.78. The molecule has 34 heavy (non-hydrogen) atoms. The first-order valence-corrected chi connectivity index (χ1v) is 14.3. The maximum atomic E-state index is 13.8. The van der Waals surface area contributed by atoms with Crippen molar-refractivity contribution in [3.63, 3.8) is 0 Å². The number of carbonyl (C=O) groups excluding carboxylic acids is 1. The maximum Gasteiger partial charge on any atom is 0.254 e. The van der Waals surface area contributed by atoms with E-state index < -0.39 is 15.6 Å². The van der Waals surface area contributed by atoms with E-state index >= 15 is 0 Å². The summed E-state index contributed by atoms with van der Waals surface area (Å²) in [5.41, 5.74) is 2.51. The lowest BCUT2D eigenvalue weighted by Crippen LogP contribution is -2.47. The van der Waals surface area contributed by atoms with Gasteiger partial charge in [-0.25, -0.2) is 18.1 Å². The molecular weight excluding hydrogens is 476 g/mol. The molecule has 180 valence electrons. The SMILES string of the molecule is Cc1nn(C2CCS(=O)(=O)C2)c2nc(-c3cccs3)cc(C(=O)N3CCC4(CC3)OCCO4)c12. The number of likely N-dealkylation sites (tertiary alicyclic amines) is 1. The minimum Gasteiger partial charge on any atom is -0.347 e. The van der Waals surface area contributed by atoms with Gasteiger partial charge in [-0.3, -0.25) is 4.79 Å². The van der Waals surface area contributed by atoms with Gasteiger partial charge in [-0.05, 0) is 30.9 Å². The molecule has 3 aromatic heterocycles. The highest BCUT2D eigenvalue weighted by Crippen LogP contribution is 2.36. The van der Waals surface area contributed by atoms with E-state index in [0.717, 1.165) is 4.88 Å². The Bertz CT molecular complexity index is 1350. The largest absolute Gasteiger partial charge is 0.347 e. The second kappa shape index (κ2) is 8.11. The van der Waals surface area contributed by atoms with Gasteiger partial charge in [0, 0.05) is 25.9 Å². The molecule has 3 aliphatic rings. The number of carbonyl (C=O) groups is 1. The average Bonchev–Trinajstić information content (AvgIpc) is 3.61. The fraction of sp³-hybridized carbons (Fsp3) is 0.522. The molecule has 0 aliphatic carbocycles. The zero-order valence-corrected chi connectivity index (χ0v) is 20.5. The number of ether oxygens (including phenoxy) is 2. The van der Waals surface area contributed by atoms with Crippen molar-refractivity contribution in [3.05, 3.63) is 34.8 Å². The highest BCUT2D eigenvalue weighted by atomic mass is 32.2. The summed E-state index contributed by atoms with van der Waals surface area (Å²) in [5, 5.41) is 7.36. The number of hydrogen-bond donors (Lipinski definition) is 0. The predicted octanol–water partition coefficient (Wildman–Crippen LogP) is 2.81. The van der Waals surface area contributed by atoms with E-state index in [1.807, 2.05) is 35.4 Å². The van der Waals surface area contributed by atoms with Gasteiger partial charge in [0.15, 0.2) is 21.3 Å². The summed E-state index contributed by atoms with van der Waals surface area (Å²) in [5.74, 6) is -0.430. The van der Waals surface area contributed by atoms with Crippen LogP contribution in [0.2, 0.25) is 0 Å². The minimum absolute atomic E-state index is 0.0472. The molecule has 0 radical (unpaired) electrons. The Morgan fingerprint density at radius 3 is 2.65 bits per heavy atom. The van der Waals surface area contributed by atoms with Gasteiger partial charge in [-0.15, -0.1) is 11.3 Å². The van der Waals surface area contributed by atoms with Gasteiger partial charge >= 0.3 is 0 Å². The number of aryl methyl sites for hydroxylation is 1. The molecule has 1 spiro atoms. The molecule has 9 nitrogen and oxygen atoms in total. The van der Waals surface area contributed by atoms with Crippen molar-refractivity contribution in [2.75, 3.05) is 37.8 Å². The topological polar surface area (TPSA) is 104 Å². The van der Waals surface area contributed by atoms with E-state index in [9.17, 15) is 13.2 Å². The van der Waals surface area contributed by atoms with Gasteiger partial charge < -0.3 is 14.4 Å². The molecule has 6 rings (SSSR count). The summed E-state index contributed by atoms with van der Waals surface area (Å²) in [6, 6.07) is 5.50. The zero-order chi connectivity index (χ0) is 23.5. The van der Waals surface area contributed by atoms with Gasteiger partial charge in [0.05, 0.1) is 58.0 Å². The molecule has 3 saturated heterocycles. The second-order valence-corrected chi connectivity index (χ2v) is 12.4. The molecule has 11 heteroatoms. The fourth-order valence-corrected chi connectivity index (χ4v) is 7.64. The van der Waals surface area contributed by atoms with Crippen molar-refractivity contribution in [2.24, 2.45) is 0 Å². The lowest BCUT2D eigenvalue weighted by atomic mass is 10.0. The highest BCUT2D eigenvalue weighted by molar-refractivity contribution is 7.91. The van der Waals surface area contributed by atoms with Gasteiger partial charge in [0.1, 0.15) is 0 Å². The van der Waals surface area contributed by atoms with Crippen molar-refractivity contribution in [1.29, 1.82) is 0 Å². The van der Waals surface area contributed by atoms with Crippen LogP contribution in [0.15, 0.2) is 23.6 Å². The number of aromatic nitrogens is 3. The molecule has 0 N–H and O–H groups in total. The first-order chi connectivity index (χ1) is 16.3. The first-order valence-electron chi connectivity index (χ1n) is 11.6. The molecule has 1 atom stereocenters. The van der Waals surface area contributed by atoms with Crippen LogP contribution < -0.4 is 0 Å². The number of piperidine rings is 1. The van der Waals surface area contributed by atoms with Crippen molar-refractivity contribution in [2.45, 2.75) is 38.0 Å². The van der Waals surface area contributed by atoms with Crippen molar-refractivity contribution < 1.29 is 22.7 Å². The number of fused-ring (bicyclic) bond motifs is 1. The molecule has 0 saturated carbocycles. The molecule has 3 fully saturated rings. The molecule has 0 bridgehead atoms. The lowest BCUT2D eigenvalue weighted by molar-refractivity contribution is -0.181. The third-order valence-corrected chi connectivity index (χ3v) is 9.66. The number of pyridine rings is 1. The predicted molar refractivity (Wildman–Crippen MR) is 128 cm³/mol. The van der Waals surface area contributed by atoms with Gasteiger partial charge in [-0.2, -0.15) is 5.10 Å². The smallest absolute Gasteiger partial charge is 0.254 e. The van der Waals surface area contributed by atoms with Crippen LogP contribution in [0, 0.1) is 6.92 Å². The summed E-state index contributed by atoms with van der Waals surface area (Å²) >= 11 is 1.55. The van der Waals surface area contributed by atoms with Crippen LogP contribution in [0.3, 0.4) is 0 Å². The number of rotatable bonds is 3. The van der Waals surface area contributed by atoms with E-state index in [1.54, 1.807) is 16.0 Å². The third-order valence-electron chi connectivity index (χ3n) is 7.02. The van der Waals surface area contributed by atoms with Crippen molar-refractivity contribution in [1.82, 2.24) is 19.7 Å². The Balaban J connectivity index is 1.42. The van der Waals surface area contributed by atoms with Crippen LogP contribution in [0.4, 0.5) is 0 Å². The third kappa shape index (κ3) is 3.74. The minimum atomic E-state index is -3.10. The second-order valence-electron chi connectivity index (χ2n) is 9.22.